The third kappa shape index (κ3) is 9.96. The Balaban J connectivity index is 0.00000450. The molecule has 0 bridgehead atoms. The standard InChI is InChI=1S/C23H32N4O2.HI/c1-4-25-22(28)17-29-21-12-8-11-20(15-21)16-26-23(24-3)27-18(2)13-14-19-9-6-5-7-10-19;/h5-12,15,18H,4,13-14,16-17H2,1-3H3,(H,25,28)(H2,24,26,27);1H. The Bertz CT molecular complexity index is 784. The van der Waals surface area contributed by atoms with E-state index in [9.17, 15) is 4.79 Å². The fourth-order valence-corrected chi connectivity index (χ4v) is 2.86. The van der Waals surface area contributed by atoms with E-state index in [1.54, 1.807) is 7.05 Å². The van der Waals surface area contributed by atoms with E-state index in [-0.39, 0.29) is 36.5 Å². The van der Waals surface area contributed by atoms with E-state index >= 15 is 0 Å². The third-order valence-electron chi connectivity index (χ3n) is 4.42. The van der Waals surface area contributed by atoms with Crippen molar-refractivity contribution in [2.75, 3.05) is 20.2 Å². The summed E-state index contributed by atoms with van der Waals surface area (Å²) >= 11 is 0. The molecule has 1 atom stereocenters. The number of nitrogens with one attached hydrogen (secondary N) is 3. The topological polar surface area (TPSA) is 74.8 Å². The van der Waals surface area contributed by atoms with Crippen molar-refractivity contribution >= 4 is 35.8 Å². The highest BCUT2D eigenvalue weighted by atomic mass is 127. The summed E-state index contributed by atoms with van der Waals surface area (Å²) in [6, 6.07) is 18.5. The molecule has 0 aromatic heterocycles. The number of halogens is 1. The second kappa shape index (κ2) is 14.7. The van der Waals surface area contributed by atoms with Crippen molar-refractivity contribution < 1.29 is 9.53 Å². The van der Waals surface area contributed by atoms with Crippen molar-refractivity contribution in [2.24, 2.45) is 4.99 Å². The second-order valence-corrected chi connectivity index (χ2v) is 6.89. The molecule has 1 amide bonds. The molecule has 1 unspecified atom stereocenters. The van der Waals surface area contributed by atoms with Gasteiger partial charge in [-0.15, -0.1) is 24.0 Å². The van der Waals surface area contributed by atoms with Gasteiger partial charge in [-0.3, -0.25) is 9.79 Å². The maximum Gasteiger partial charge on any atom is 0.257 e. The number of rotatable bonds is 10. The number of hydrogen-bond acceptors (Lipinski definition) is 3. The average molecular weight is 524 g/mol. The second-order valence-electron chi connectivity index (χ2n) is 6.89. The fraction of sp³-hybridized carbons (Fsp3) is 0.391. The number of likely N-dealkylation sites (N-methyl/N-ethyl adjacent to an activating group) is 1. The number of nitrogens with zero attached hydrogens (tertiary/aromatic N) is 1. The average Bonchev–Trinajstić information content (AvgIpc) is 2.75. The minimum atomic E-state index is -0.120. The number of aliphatic imine (C=N–C) groups is 1. The van der Waals surface area contributed by atoms with Gasteiger partial charge in [-0.25, -0.2) is 0 Å². The lowest BCUT2D eigenvalue weighted by molar-refractivity contribution is -0.122. The molecular formula is C23H33IN4O2. The monoisotopic (exact) mass is 524 g/mol. The molecule has 6 nitrogen and oxygen atoms in total. The zero-order chi connectivity index (χ0) is 20.9. The van der Waals surface area contributed by atoms with Crippen molar-refractivity contribution in [3.8, 4) is 5.75 Å². The van der Waals surface area contributed by atoms with E-state index < -0.39 is 0 Å². The Morgan fingerprint density at radius 1 is 1.07 bits per heavy atom. The Labute approximate surface area is 196 Å². The molecule has 2 rings (SSSR count). The highest BCUT2D eigenvalue weighted by Gasteiger charge is 2.07. The Morgan fingerprint density at radius 2 is 1.80 bits per heavy atom. The summed E-state index contributed by atoms with van der Waals surface area (Å²) in [5, 5.41) is 9.48. The quantitative estimate of drug-likeness (QED) is 0.253. The molecule has 30 heavy (non-hydrogen) atoms. The zero-order valence-corrected chi connectivity index (χ0v) is 20.3. The lowest BCUT2D eigenvalue weighted by Gasteiger charge is -2.18. The first-order valence-electron chi connectivity index (χ1n) is 10.1. The molecule has 0 saturated heterocycles. The van der Waals surface area contributed by atoms with Crippen molar-refractivity contribution in [3.05, 3.63) is 65.7 Å². The molecule has 164 valence electrons. The van der Waals surface area contributed by atoms with E-state index in [0.29, 0.717) is 24.9 Å². The number of benzene rings is 2. The van der Waals surface area contributed by atoms with Crippen molar-refractivity contribution in [2.45, 2.75) is 39.3 Å². The molecule has 0 saturated carbocycles. The molecule has 7 heteroatoms. The van der Waals surface area contributed by atoms with Crippen molar-refractivity contribution in [1.82, 2.24) is 16.0 Å². The van der Waals surface area contributed by atoms with E-state index in [1.807, 2.05) is 37.3 Å². The molecule has 0 heterocycles. The van der Waals surface area contributed by atoms with Crippen LogP contribution in [-0.4, -0.2) is 38.1 Å². The summed E-state index contributed by atoms with van der Waals surface area (Å²) < 4.78 is 5.55. The Morgan fingerprint density at radius 3 is 2.50 bits per heavy atom. The number of guanidine groups is 1. The predicted molar refractivity (Wildman–Crippen MR) is 134 cm³/mol. The van der Waals surface area contributed by atoms with Crippen LogP contribution in [0.15, 0.2) is 59.6 Å². The van der Waals surface area contributed by atoms with Crippen LogP contribution in [0.4, 0.5) is 0 Å². The normalized spacial score (nSPS) is 11.8. The van der Waals surface area contributed by atoms with Crippen molar-refractivity contribution in [3.63, 3.8) is 0 Å². The fourth-order valence-electron chi connectivity index (χ4n) is 2.86. The molecule has 0 aliphatic rings. The smallest absolute Gasteiger partial charge is 0.257 e. The number of amides is 1. The van der Waals surface area contributed by atoms with E-state index in [0.717, 1.165) is 24.4 Å². The number of carbonyl (C=O) groups is 1. The molecule has 0 spiro atoms. The zero-order valence-electron chi connectivity index (χ0n) is 18.0. The van der Waals surface area contributed by atoms with Crippen LogP contribution >= 0.6 is 24.0 Å². The van der Waals surface area contributed by atoms with Crippen LogP contribution in [0.25, 0.3) is 0 Å². The highest BCUT2D eigenvalue weighted by molar-refractivity contribution is 14.0. The van der Waals surface area contributed by atoms with Gasteiger partial charge >= 0.3 is 0 Å². The molecule has 3 N–H and O–H groups in total. The highest BCUT2D eigenvalue weighted by Crippen LogP contribution is 2.13. The number of ether oxygens (including phenoxy) is 1. The van der Waals surface area contributed by atoms with Gasteiger partial charge < -0.3 is 20.7 Å². The Kier molecular flexibility index (Phi) is 12.6. The van der Waals surface area contributed by atoms with Crippen molar-refractivity contribution in [1.29, 1.82) is 0 Å². The minimum absolute atomic E-state index is 0. The maximum atomic E-state index is 11.5. The van der Waals surface area contributed by atoms with Crippen LogP contribution in [0.5, 0.6) is 5.75 Å². The van der Waals surface area contributed by atoms with Gasteiger partial charge in [0.15, 0.2) is 12.6 Å². The van der Waals surface area contributed by atoms with E-state index in [2.05, 4.69) is 52.1 Å². The summed E-state index contributed by atoms with van der Waals surface area (Å²) in [6.07, 6.45) is 2.05. The van der Waals surface area contributed by atoms with Gasteiger partial charge in [-0.2, -0.15) is 0 Å². The number of aryl methyl sites for hydroxylation is 1. The summed E-state index contributed by atoms with van der Waals surface area (Å²) in [4.78, 5) is 15.8. The lowest BCUT2D eigenvalue weighted by atomic mass is 10.1. The minimum Gasteiger partial charge on any atom is -0.484 e. The van der Waals surface area contributed by atoms with Crippen LogP contribution in [0.1, 0.15) is 31.4 Å². The van der Waals surface area contributed by atoms with Crippen LogP contribution in [0.2, 0.25) is 0 Å². The van der Waals surface area contributed by atoms with Gasteiger partial charge in [-0.05, 0) is 49.9 Å². The summed E-state index contributed by atoms with van der Waals surface area (Å²) in [7, 11) is 1.77. The molecule has 2 aromatic carbocycles. The van der Waals surface area contributed by atoms with Gasteiger partial charge in [0.1, 0.15) is 5.75 Å². The van der Waals surface area contributed by atoms with Crippen LogP contribution < -0.4 is 20.7 Å². The third-order valence-corrected chi connectivity index (χ3v) is 4.42. The van der Waals surface area contributed by atoms with Gasteiger partial charge in [-0.1, -0.05) is 42.5 Å². The van der Waals surface area contributed by atoms with Crippen LogP contribution in [-0.2, 0) is 17.8 Å². The first-order valence-corrected chi connectivity index (χ1v) is 10.1. The molecule has 0 aliphatic carbocycles. The molecule has 2 aromatic rings. The maximum absolute atomic E-state index is 11.5. The number of carbonyl (C=O) groups excluding carboxylic acids is 1. The molecule has 0 radical (unpaired) electrons. The Hall–Kier alpha value is -2.29. The van der Waals surface area contributed by atoms with Gasteiger partial charge in [0, 0.05) is 26.2 Å². The first kappa shape index (κ1) is 25.7. The summed E-state index contributed by atoms with van der Waals surface area (Å²) in [5.74, 6) is 1.32. The lowest BCUT2D eigenvalue weighted by Crippen LogP contribution is -2.42. The predicted octanol–water partition coefficient (Wildman–Crippen LogP) is 3.51. The van der Waals surface area contributed by atoms with Gasteiger partial charge in [0.05, 0.1) is 0 Å². The molecule has 0 fully saturated rings. The van der Waals surface area contributed by atoms with E-state index in [1.165, 1.54) is 5.56 Å². The molecule has 0 aliphatic heterocycles. The first-order chi connectivity index (χ1) is 14.1. The van der Waals surface area contributed by atoms with Gasteiger partial charge in [0.25, 0.3) is 5.91 Å². The van der Waals surface area contributed by atoms with E-state index in [4.69, 9.17) is 4.74 Å². The van der Waals surface area contributed by atoms with Crippen LogP contribution in [0.3, 0.4) is 0 Å². The number of hydrogen-bond donors (Lipinski definition) is 3. The summed E-state index contributed by atoms with van der Waals surface area (Å²) in [5.41, 5.74) is 2.40. The largest absolute Gasteiger partial charge is 0.484 e. The summed E-state index contributed by atoms with van der Waals surface area (Å²) in [6.45, 7) is 5.28. The molecular weight excluding hydrogens is 491 g/mol. The SMILES string of the molecule is CCNC(=O)COc1cccc(CNC(=NC)NC(C)CCc2ccccc2)c1.I. The van der Waals surface area contributed by atoms with Crippen LogP contribution in [0, 0.1) is 0 Å². The van der Waals surface area contributed by atoms with Gasteiger partial charge in [0.2, 0.25) is 0 Å².